The van der Waals surface area contributed by atoms with Gasteiger partial charge in [-0.2, -0.15) is 0 Å². The Morgan fingerprint density at radius 2 is 1.74 bits per heavy atom. The number of hydrogen-bond acceptors (Lipinski definition) is 3. The Labute approximate surface area is 158 Å². The molecule has 1 heterocycles. The van der Waals surface area contributed by atoms with Gasteiger partial charge in [-0.3, -0.25) is 4.79 Å². The molecular formula is C23H23NO3. The van der Waals surface area contributed by atoms with Crippen molar-refractivity contribution in [2.45, 2.75) is 25.0 Å². The Morgan fingerprint density at radius 3 is 2.44 bits per heavy atom. The number of carbonyl (C=O) groups excluding carboxylic acids is 1. The number of piperidine rings is 1. The van der Waals surface area contributed by atoms with E-state index in [1.165, 1.54) is 10.8 Å². The highest BCUT2D eigenvalue weighted by molar-refractivity contribution is 5.94. The molecule has 4 heteroatoms. The van der Waals surface area contributed by atoms with Crippen molar-refractivity contribution in [1.29, 1.82) is 0 Å². The first-order chi connectivity index (χ1) is 13.2. The number of β-amino-alcohol motifs (C(OH)–C–C–N with tert-alkyl or cyclic N) is 1. The van der Waals surface area contributed by atoms with Crippen LogP contribution in [0.1, 0.15) is 33.8 Å². The van der Waals surface area contributed by atoms with Crippen LogP contribution >= 0.6 is 0 Å². The van der Waals surface area contributed by atoms with Crippen molar-refractivity contribution in [2.24, 2.45) is 0 Å². The van der Waals surface area contributed by atoms with Crippen molar-refractivity contribution in [2.75, 3.05) is 13.1 Å². The minimum Gasteiger partial charge on any atom is -0.392 e. The maximum atomic E-state index is 12.7. The molecule has 3 aromatic rings. The molecule has 1 aliphatic heterocycles. The van der Waals surface area contributed by atoms with Gasteiger partial charge in [0.2, 0.25) is 0 Å². The van der Waals surface area contributed by atoms with Crippen LogP contribution in [-0.4, -0.2) is 40.2 Å². The summed E-state index contributed by atoms with van der Waals surface area (Å²) in [6, 6.07) is 21.5. The standard InChI is InChI=1S/C23H23NO3/c25-15-16-5-7-18(8-6-16)23(27)24-12-11-21(22(26)14-24)20-10-9-17-3-1-2-4-19(17)13-20/h1-10,13,21-22,25-26H,11-12,14-15H2/t21-,22+/m0/s1. The van der Waals surface area contributed by atoms with Crippen molar-refractivity contribution >= 4 is 16.7 Å². The third-order valence-corrected chi connectivity index (χ3v) is 5.45. The molecule has 27 heavy (non-hydrogen) atoms. The molecule has 4 nitrogen and oxygen atoms in total. The SMILES string of the molecule is O=C(c1ccc(CO)cc1)N1CC[C@@H](c2ccc3ccccc3c2)[C@H](O)C1. The van der Waals surface area contributed by atoms with Gasteiger partial charge in [0.05, 0.1) is 12.7 Å². The van der Waals surface area contributed by atoms with Crippen LogP contribution in [-0.2, 0) is 6.61 Å². The van der Waals surface area contributed by atoms with E-state index in [2.05, 4.69) is 30.3 Å². The Balaban J connectivity index is 1.48. The molecule has 1 aliphatic rings. The Hall–Kier alpha value is -2.69. The third kappa shape index (κ3) is 3.59. The van der Waals surface area contributed by atoms with Gasteiger partial charge in [-0.25, -0.2) is 0 Å². The zero-order valence-corrected chi connectivity index (χ0v) is 15.1. The molecule has 2 atom stereocenters. The van der Waals surface area contributed by atoms with E-state index in [4.69, 9.17) is 5.11 Å². The first-order valence-corrected chi connectivity index (χ1v) is 9.31. The first kappa shape index (κ1) is 17.7. The van der Waals surface area contributed by atoms with Crippen molar-refractivity contribution in [3.05, 3.63) is 83.4 Å². The van der Waals surface area contributed by atoms with Gasteiger partial charge in [0, 0.05) is 24.6 Å². The maximum absolute atomic E-state index is 12.7. The van der Waals surface area contributed by atoms with Gasteiger partial charge in [0.25, 0.3) is 5.91 Å². The van der Waals surface area contributed by atoms with E-state index in [-0.39, 0.29) is 18.4 Å². The number of likely N-dealkylation sites (tertiary alicyclic amines) is 1. The average molecular weight is 361 g/mol. The molecule has 2 N–H and O–H groups in total. The van der Waals surface area contributed by atoms with E-state index in [9.17, 15) is 9.90 Å². The van der Waals surface area contributed by atoms with Gasteiger partial charge >= 0.3 is 0 Å². The summed E-state index contributed by atoms with van der Waals surface area (Å²) in [6.07, 6.45) is 0.153. The lowest BCUT2D eigenvalue weighted by Gasteiger charge is -2.36. The van der Waals surface area contributed by atoms with Crippen molar-refractivity contribution in [1.82, 2.24) is 4.90 Å². The van der Waals surface area contributed by atoms with Crippen LogP contribution < -0.4 is 0 Å². The van der Waals surface area contributed by atoms with E-state index < -0.39 is 6.10 Å². The van der Waals surface area contributed by atoms with E-state index >= 15 is 0 Å². The predicted octanol–water partition coefficient (Wildman–Crippen LogP) is 3.32. The summed E-state index contributed by atoms with van der Waals surface area (Å²) < 4.78 is 0. The highest BCUT2D eigenvalue weighted by atomic mass is 16.3. The normalized spacial score (nSPS) is 20.0. The molecular weight excluding hydrogens is 338 g/mol. The highest BCUT2D eigenvalue weighted by Crippen LogP contribution is 2.31. The number of nitrogens with zero attached hydrogens (tertiary/aromatic N) is 1. The molecule has 0 unspecified atom stereocenters. The average Bonchev–Trinajstić information content (AvgIpc) is 2.73. The number of aliphatic hydroxyl groups excluding tert-OH is 2. The van der Waals surface area contributed by atoms with Crippen LogP contribution in [0.4, 0.5) is 0 Å². The maximum Gasteiger partial charge on any atom is 0.253 e. The number of aliphatic hydroxyl groups is 2. The van der Waals surface area contributed by atoms with Crippen molar-refractivity contribution in [3.8, 4) is 0 Å². The summed E-state index contributed by atoms with van der Waals surface area (Å²) in [5.41, 5.74) is 2.49. The third-order valence-electron chi connectivity index (χ3n) is 5.45. The summed E-state index contributed by atoms with van der Waals surface area (Å²) in [6.45, 7) is 0.914. The fourth-order valence-electron chi connectivity index (χ4n) is 3.88. The van der Waals surface area contributed by atoms with Crippen LogP contribution in [0.2, 0.25) is 0 Å². The Kier molecular flexibility index (Phi) is 4.92. The zero-order valence-electron chi connectivity index (χ0n) is 15.1. The molecule has 0 aliphatic carbocycles. The molecule has 0 aromatic heterocycles. The predicted molar refractivity (Wildman–Crippen MR) is 106 cm³/mol. The topological polar surface area (TPSA) is 60.8 Å². The smallest absolute Gasteiger partial charge is 0.253 e. The van der Waals surface area contributed by atoms with Gasteiger partial charge in [-0.15, -0.1) is 0 Å². The minimum atomic E-state index is -0.583. The van der Waals surface area contributed by atoms with Crippen LogP contribution in [0, 0.1) is 0 Å². The lowest BCUT2D eigenvalue weighted by atomic mass is 9.86. The van der Waals surface area contributed by atoms with E-state index in [1.807, 2.05) is 12.1 Å². The molecule has 1 amide bonds. The zero-order chi connectivity index (χ0) is 18.8. The molecule has 138 valence electrons. The lowest BCUT2D eigenvalue weighted by molar-refractivity contribution is 0.0382. The monoisotopic (exact) mass is 361 g/mol. The van der Waals surface area contributed by atoms with E-state index in [1.54, 1.807) is 29.2 Å². The molecule has 1 saturated heterocycles. The van der Waals surface area contributed by atoms with E-state index in [0.717, 1.165) is 17.5 Å². The molecule has 0 radical (unpaired) electrons. The minimum absolute atomic E-state index is 0.0374. The molecule has 0 saturated carbocycles. The van der Waals surface area contributed by atoms with Gasteiger partial charge < -0.3 is 15.1 Å². The lowest BCUT2D eigenvalue weighted by Crippen LogP contribution is -2.45. The molecule has 4 rings (SSSR count). The Morgan fingerprint density at radius 1 is 1.00 bits per heavy atom. The number of benzene rings is 3. The van der Waals surface area contributed by atoms with E-state index in [0.29, 0.717) is 18.7 Å². The Bertz CT molecular complexity index is 951. The fraction of sp³-hybridized carbons (Fsp3) is 0.261. The summed E-state index contributed by atoms with van der Waals surface area (Å²) in [5.74, 6) is -0.0362. The van der Waals surface area contributed by atoms with Gasteiger partial charge in [-0.1, -0.05) is 54.6 Å². The number of fused-ring (bicyclic) bond motifs is 1. The van der Waals surface area contributed by atoms with Gasteiger partial charge in [0.15, 0.2) is 0 Å². The van der Waals surface area contributed by atoms with Gasteiger partial charge in [0.1, 0.15) is 0 Å². The highest BCUT2D eigenvalue weighted by Gasteiger charge is 2.31. The van der Waals surface area contributed by atoms with Gasteiger partial charge in [-0.05, 0) is 40.5 Å². The van der Waals surface area contributed by atoms with Crippen LogP contribution in [0.25, 0.3) is 10.8 Å². The van der Waals surface area contributed by atoms with Crippen molar-refractivity contribution in [3.63, 3.8) is 0 Å². The summed E-state index contributed by atoms with van der Waals surface area (Å²) in [4.78, 5) is 14.4. The summed E-state index contributed by atoms with van der Waals surface area (Å²) in [5, 5.41) is 22.2. The number of carbonyl (C=O) groups is 1. The first-order valence-electron chi connectivity index (χ1n) is 9.31. The number of amides is 1. The van der Waals surface area contributed by atoms with Crippen LogP contribution in [0.5, 0.6) is 0 Å². The molecule has 1 fully saturated rings. The van der Waals surface area contributed by atoms with Crippen LogP contribution in [0.3, 0.4) is 0 Å². The number of rotatable bonds is 3. The summed E-state index contributed by atoms with van der Waals surface area (Å²) >= 11 is 0. The molecule has 3 aromatic carbocycles. The second-order valence-corrected chi connectivity index (χ2v) is 7.18. The molecule has 0 bridgehead atoms. The second kappa shape index (κ2) is 7.51. The second-order valence-electron chi connectivity index (χ2n) is 7.18. The summed E-state index contributed by atoms with van der Waals surface area (Å²) in [7, 11) is 0. The van der Waals surface area contributed by atoms with Crippen molar-refractivity contribution < 1.29 is 15.0 Å². The number of hydrogen-bond donors (Lipinski definition) is 2. The van der Waals surface area contributed by atoms with Crippen LogP contribution in [0.15, 0.2) is 66.7 Å². The molecule has 0 spiro atoms. The largest absolute Gasteiger partial charge is 0.392 e. The fourth-order valence-corrected chi connectivity index (χ4v) is 3.88. The quantitative estimate of drug-likeness (QED) is 0.752.